The Bertz CT molecular complexity index is 174. The van der Waals surface area contributed by atoms with E-state index < -0.39 is 13.0 Å². The molecule has 1 aliphatic rings. The van der Waals surface area contributed by atoms with Gasteiger partial charge in [0.2, 0.25) is 0 Å². The van der Waals surface area contributed by atoms with Gasteiger partial charge >= 0.3 is 13.0 Å². The maximum Gasteiger partial charge on any atom is 0.361 e. The van der Waals surface area contributed by atoms with Gasteiger partial charge < -0.3 is 0 Å². The second-order valence-electron chi connectivity index (χ2n) is 4.21. The lowest BCUT2D eigenvalue weighted by Gasteiger charge is -2.21. The summed E-state index contributed by atoms with van der Waals surface area (Å²) in [7, 11) is 1.75. The van der Waals surface area contributed by atoms with Crippen LogP contribution in [-0.4, -0.2) is 18.1 Å². The molecule has 1 aliphatic carbocycles. The first-order chi connectivity index (χ1) is 6.77. The normalized spacial score (nSPS) is 18.1. The first kappa shape index (κ1) is 12.6. The average Bonchev–Trinajstić information content (AvgIpc) is 2.26. The molecule has 1 nitrogen and oxygen atoms in total. The summed E-state index contributed by atoms with van der Waals surface area (Å²) in [6.45, 7) is 4.48. The molecule has 3 heteroatoms. The molecule has 0 aromatic heterocycles. The zero-order valence-corrected chi connectivity index (χ0v) is 11.4. The van der Waals surface area contributed by atoms with Gasteiger partial charge in [0.15, 0.2) is 5.12 Å². The highest BCUT2D eigenvalue weighted by atomic mass is 32.3. The molecule has 1 saturated carbocycles. The van der Waals surface area contributed by atoms with Gasteiger partial charge in [0.05, 0.1) is 0 Å². The Kier molecular flexibility index (Phi) is 6.25. The molecule has 0 spiro atoms. The predicted octanol–water partition coefficient (Wildman–Crippen LogP) is 3.86. The fraction of sp³-hybridized carbons (Fsp3) is 0.909. The van der Waals surface area contributed by atoms with E-state index in [0.717, 1.165) is 0 Å². The fourth-order valence-corrected chi connectivity index (χ4v) is 6.28. The van der Waals surface area contributed by atoms with Crippen LogP contribution in [0.4, 0.5) is 0 Å². The molecule has 80 valence electrons. The summed E-state index contributed by atoms with van der Waals surface area (Å²) < 4.78 is 0. The highest BCUT2D eigenvalue weighted by molar-refractivity contribution is 8.36. The quantitative estimate of drug-likeness (QED) is 0.680. The summed E-state index contributed by atoms with van der Waals surface area (Å²) in [5.41, 5.74) is 0. The van der Waals surface area contributed by atoms with Gasteiger partial charge in [-0.3, -0.25) is 4.79 Å². The van der Waals surface area contributed by atoms with Gasteiger partial charge in [-0.2, -0.15) is 10.1 Å². The Balaban J connectivity index is 2.32. The van der Waals surface area contributed by atoms with Crippen LogP contribution in [0.25, 0.3) is 0 Å². The smallest absolute Gasteiger partial charge is 0.289 e. The van der Waals surface area contributed by atoms with Crippen molar-refractivity contribution in [1.29, 1.82) is 0 Å². The number of carbonyl (C=O) groups is 1. The van der Waals surface area contributed by atoms with E-state index in [0.29, 0.717) is 11.0 Å². The van der Waals surface area contributed by atoms with Crippen molar-refractivity contribution in [3.8, 4) is 0 Å². The molecule has 14 heavy (non-hydrogen) atoms. The highest BCUT2D eigenvalue weighted by Crippen LogP contribution is 2.30. The third kappa shape index (κ3) is 3.97. The Morgan fingerprint density at radius 3 is 2.29 bits per heavy atom. The van der Waals surface area contributed by atoms with Gasteiger partial charge in [-0.25, -0.2) is 0 Å². The SMILES string of the molecule is C[CH2][Al]([CH2]C)[S]C(=O)C1CCCCC1. The van der Waals surface area contributed by atoms with Crippen molar-refractivity contribution in [3.63, 3.8) is 0 Å². The van der Waals surface area contributed by atoms with Crippen molar-refractivity contribution in [1.82, 2.24) is 0 Å². The molecular weight excluding hydrogens is 207 g/mol. The summed E-state index contributed by atoms with van der Waals surface area (Å²) in [4.78, 5) is 11.9. The molecule has 0 N–H and O–H groups in total. The van der Waals surface area contributed by atoms with Crippen LogP contribution < -0.4 is 0 Å². The molecule has 1 fully saturated rings. The molecule has 0 bridgehead atoms. The first-order valence-corrected chi connectivity index (χ1v) is 9.91. The second kappa shape index (κ2) is 6.93. The van der Waals surface area contributed by atoms with Gasteiger partial charge in [0, 0.05) is 5.92 Å². The minimum Gasteiger partial charge on any atom is -0.289 e. The van der Waals surface area contributed by atoms with Crippen LogP contribution in [0.3, 0.4) is 0 Å². The second-order valence-corrected chi connectivity index (χ2v) is 10.4. The Labute approximate surface area is 95.5 Å². The van der Waals surface area contributed by atoms with Crippen LogP contribution in [0, 0.1) is 5.92 Å². The molecule has 0 aliphatic heterocycles. The minimum atomic E-state index is -0.754. The topological polar surface area (TPSA) is 17.1 Å². The average molecular weight is 228 g/mol. The number of rotatable bonds is 4. The molecule has 0 amide bonds. The molecule has 0 atom stereocenters. The van der Waals surface area contributed by atoms with Crippen molar-refractivity contribution in [3.05, 3.63) is 0 Å². The van der Waals surface area contributed by atoms with E-state index in [2.05, 4.69) is 13.8 Å². The zero-order chi connectivity index (χ0) is 10.4. The first-order valence-electron chi connectivity index (χ1n) is 5.98. The molecule has 0 aromatic rings. The van der Waals surface area contributed by atoms with Crippen LogP contribution in [0.1, 0.15) is 46.0 Å². The molecule has 1 rings (SSSR count). The highest BCUT2D eigenvalue weighted by Gasteiger charge is 2.25. The van der Waals surface area contributed by atoms with E-state index in [-0.39, 0.29) is 0 Å². The third-order valence-corrected chi connectivity index (χ3v) is 9.55. The molecular formula is C11H21AlOS. The van der Waals surface area contributed by atoms with E-state index in [4.69, 9.17) is 0 Å². The molecule has 0 aromatic carbocycles. The number of carbonyl (C=O) groups excluding carboxylic acids is 1. The van der Waals surface area contributed by atoms with E-state index in [1.54, 1.807) is 10.1 Å². The number of hydrogen-bond acceptors (Lipinski definition) is 2. The maximum absolute atomic E-state index is 11.9. The fourth-order valence-electron chi connectivity index (χ4n) is 2.05. The lowest BCUT2D eigenvalue weighted by molar-refractivity contribution is -0.115. The Hall–Kier alpha value is 0.552. The van der Waals surface area contributed by atoms with Crippen LogP contribution >= 0.6 is 10.1 Å². The third-order valence-electron chi connectivity index (χ3n) is 3.13. The van der Waals surface area contributed by atoms with Crippen molar-refractivity contribution in [2.45, 2.75) is 56.5 Å². The summed E-state index contributed by atoms with van der Waals surface area (Å²) in [5, 5.41) is 3.06. The largest absolute Gasteiger partial charge is 0.361 e. The van der Waals surface area contributed by atoms with Crippen LogP contribution in [-0.2, 0) is 4.79 Å². The van der Waals surface area contributed by atoms with Gasteiger partial charge in [-0.05, 0) is 12.8 Å². The molecule has 0 radical (unpaired) electrons. The van der Waals surface area contributed by atoms with E-state index >= 15 is 0 Å². The standard InChI is InChI=1S/C7H12OS.2C2H5.Al/c8-7(9)6-4-2-1-3-5-6;2*1-2;/h6H,1-5H2,(H,8,9);2*1H2,2H3;/q;;;+1/p-1. The molecule has 0 saturated heterocycles. The van der Waals surface area contributed by atoms with E-state index in [1.807, 2.05) is 0 Å². The van der Waals surface area contributed by atoms with Crippen LogP contribution in [0.2, 0.25) is 10.6 Å². The van der Waals surface area contributed by atoms with E-state index in [1.165, 1.54) is 42.7 Å². The zero-order valence-electron chi connectivity index (χ0n) is 9.42. The summed E-state index contributed by atoms with van der Waals surface area (Å²) >= 11 is -0.754. The van der Waals surface area contributed by atoms with E-state index in [9.17, 15) is 4.79 Å². The predicted molar refractivity (Wildman–Crippen MR) is 65.9 cm³/mol. The monoisotopic (exact) mass is 228 g/mol. The Morgan fingerprint density at radius 1 is 1.21 bits per heavy atom. The molecule has 0 unspecified atom stereocenters. The summed E-state index contributed by atoms with van der Waals surface area (Å²) in [5.74, 6) is 0.418. The van der Waals surface area contributed by atoms with Gasteiger partial charge in [0.25, 0.3) is 0 Å². The van der Waals surface area contributed by atoms with Crippen LogP contribution in [0.5, 0.6) is 0 Å². The van der Waals surface area contributed by atoms with Crippen molar-refractivity contribution in [2.75, 3.05) is 0 Å². The Morgan fingerprint density at radius 2 is 1.79 bits per heavy atom. The van der Waals surface area contributed by atoms with Crippen molar-refractivity contribution < 1.29 is 4.79 Å². The summed E-state index contributed by atoms with van der Waals surface area (Å²) in [6.07, 6.45) is 6.24. The van der Waals surface area contributed by atoms with Gasteiger partial charge in [0.1, 0.15) is 0 Å². The lowest BCUT2D eigenvalue weighted by Crippen LogP contribution is -2.19. The maximum atomic E-state index is 11.9. The molecule has 0 heterocycles. The van der Waals surface area contributed by atoms with Gasteiger partial charge in [-0.1, -0.05) is 43.7 Å². The summed E-state index contributed by atoms with van der Waals surface area (Å²) in [6, 6.07) is 0. The van der Waals surface area contributed by atoms with Gasteiger partial charge in [-0.15, -0.1) is 0 Å². The van der Waals surface area contributed by atoms with Crippen LogP contribution in [0.15, 0.2) is 0 Å². The minimum absolute atomic E-state index is 0.418. The van der Waals surface area contributed by atoms with Crippen molar-refractivity contribution >= 4 is 28.3 Å². The number of hydrogen-bond donors (Lipinski definition) is 0. The lowest BCUT2D eigenvalue weighted by atomic mass is 9.90. The van der Waals surface area contributed by atoms with Crippen molar-refractivity contribution in [2.24, 2.45) is 5.92 Å².